The second kappa shape index (κ2) is 6.24. The largest absolute Gasteiger partial charge is 0.497 e. The molecule has 0 amide bonds. The van der Waals surface area contributed by atoms with E-state index in [4.69, 9.17) is 9.84 Å². The zero-order chi connectivity index (χ0) is 6.24. The maximum absolute atomic E-state index is 7.00. The molecular formula is C6H10O2. The van der Waals surface area contributed by atoms with Gasteiger partial charge in [-0.15, -0.1) is 0 Å². The second-order valence-corrected chi connectivity index (χ2v) is 1.09. The Labute approximate surface area is 49.1 Å². The average Bonchev–Trinajstić information content (AvgIpc) is 1.96. The van der Waals surface area contributed by atoms with Gasteiger partial charge in [-0.1, -0.05) is 6.08 Å². The summed E-state index contributed by atoms with van der Waals surface area (Å²) in [6.45, 7) is 0.733. The standard InChI is InChI=1S/C5H6O.CH4O/c1-2-4-6-5-3-1;1-2/h1-4H,5H2;2H,1H3. The normalized spacial score (nSPS) is 13.8. The molecule has 0 fully saturated rings. The van der Waals surface area contributed by atoms with Crippen LogP contribution in [-0.4, -0.2) is 18.8 Å². The Kier molecular flexibility index (Phi) is 5.65. The predicted octanol–water partition coefficient (Wildman–Crippen LogP) is 0.695. The molecule has 1 aliphatic rings. The first-order valence-electron chi connectivity index (χ1n) is 2.38. The first-order valence-corrected chi connectivity index (χ1v) is 2.38. The molecule has 0 spiro atoms. The van der Waals surface area contributed by atoms with E-state index in [1.165, 1.54) is 0 Å². The maximum Gasteiger partial charge on any atom is 0.106 e. The van der Waals surface area contributed by atoms with E-state index in [9.17, 15) is 0 Å². The van der Waals surface area contributed by atoms with Crippen LogP contribution in [0.3, 0.4) is 0 Å². The summed E-state index contributed by atoms with van der Waals surface area (Å²) in [4.78, 5) is 0. The summed E-state index contributed by atoms with van der Waals surface area (Å²) in [5.74, 6) is 0. The molecule has 1 rings (SSSR count). The van der Waals surface area contributed by atoms with Gasteiger partial charge in [0.2, 0.25) is 0 Å². The highest BCUT2D eigenvalue weighted by molar-refractivity contribution is 5.02. The lowest BCUT2D eigenvalue weighted by molar-refractivity contribution is 0.286. The van der Waals surface area contributed by atoms with Crippen molar-refractivity contribution < 1.29 is 9.84 Å². The molecule has 0 unspecified atom stereocenters. The lowest BCUT2D eigenvalue weighted by Crippen LogP contribution is -1.82. The molecule has 0 aliphatic carbocycles. The second-order valence-electron chi connectivity index (χ2n) is 1.09. The molecule has 46 valence electrons. The van der Waals surface area contributed by atoms with Gasteiger partial charge in [-0.3, -0.25) is 0 Å². The van der Waals surface area contributed by atoms with Gasteiger partial charge in [-0.2, -0.15) is 0 Å². The molecule has 2 nitrogen and oxygen atoms in total. The SMILES string of the molecule is C1=CCOC=C1.CO. The van der Waals surface area contributed by atoms with E-state index in [2.05, 4.69) is 0 Å². The topological polar surface area (TPSA) is 29.5 Å². The van der Waals surface area contributed by atoms with Gasteiger partial charge in [0.15, 0.2) is 0 Å². The van der Waals surface area contributed by atoms with Crippen molar-refractivity contribution in [3.05, 3.63) is 24.5 Å². The Bertz CT molecular complexity index is 72.5. The van der Waals surface area contributed by atoms with E-state index in [1.807, 2.05) is 18.2 Å². The van der Waals surface area contributed by atoms with Gasteiger partial charge in [0.05, 0.1) is 6.26 Å². The van der Waals surface area contributed by atoms with Crippen molar-refractivity contribution in [3.63, 3.8) is 0 Å². The number of allylic oxidation sites excluding steroid dienone is 2. The first-order chi connectivity index (χ1) is 4.00. The molecule has 0 aromatic heterocycles. The van der Waals surface area contributed by atoms with E-state index in [0.717, 1.165) is 13.7 Å². The Morgan fingerprint density at radius 2 is 2.12 bits per heavy atom. The van der Waals surface area contributed by atoms with Crippen LogP contribution in [0.25, 0.3) is 0 Å². The fourth-order valence-electron chi connectivity index (χ4n) is 0.346. The molecule has 0 aromatic carbocycles. The van der Waals surface area contributed by atoms with Crippen molar-refractivity contribution in [1.82, 2.24) is 0 Å². The molecule has 0 bridgehead atoms. The Morgan fingerprint density at radius 3 is 2.25 bits per heavy atom. The number of ether oxygens (including phenoxy) is 1. The number of aliphatic hydroxyl groups excluding tert-OH is 1. The van der Waals surface area contributed by atoms with Crippen molar-refractivity contribution in [3.8, 4) is 0 Å². The number of aliphatic hydroxyl groups is 1. The third kappa shape index (κ3) is 3.43. The van der Waals surface area contributed by atoms with Crippen LogP contribution in [0, 0.1) is 0 Å². The monoisotopic (exact) mass is 114 g/mol. The molecule has 8 heavy (non-hydrogen) atoms. The molecule has 0 saturated heterocycles. The molecular weight excluding hydrogens is 104 g/mol. The van der Waals surface area contributed by atoms with Crippen molar-refractivity contribution in [2.75, 3.05) is 13.7 Å². The van der Waals surface area contributed by atoms with E-state index in [0.29, 0.717) is 0 Å². The number of hydrogen-bond donors (Lipinski definition) is 1. The third-order valence-electron chi connectivity index (χ3n) is 0.614. The molecule has 1 aliphatic heterocycles. The summed E-state index contributed by atoms with van der Waals surface area (Å²) in [5.41, 5.74) is 0. The van der Waals surface area contributed by atoms with E-state index in [1.54, 1.807) is 6.26 Å². The summed E-state index contributed by atoms with van der Waals surface area (Å²) in [5, 5.41) is 7.00. The van der Waals surface area contributed by atoms with Crippen LogP contribution in [0.15, 0.2) is 24.5 Å². The molecule has 1 heterocycles. The van der Waals surface area contributed by atoms with Crippen molar-refractivity contribution >= 4 is 0 Å². The molecule has 0 atom stereocenters. The molecule has 0 aromatic rings. The van der Waals surface area contributed by atoms with Gasteiger partial charge < -0.3 is 9.84 Å². The van der Waals surface area contributed by atoms with Crippen LogP contribution in [0.5, 0.6) is 0 Å². The van der Waals surface area contributed by atoms with Crippen LogP contribution in [-0.2, 0) is 4.74 Å². The lowest BCUT2D eigenvalue weighted by atomic mass is 10.5. The molecule has 2 heteroatoms. The van der Waals surface area contributed by atoms with E-state index in [-0.39, 0.29) is 0 Å². The number of rotatable bonds is 0. The van der Waals surface area contributed by atoms with Crippen LogP contribution in [0.4, 0.5) is 0 Å². The first kappa shape index (κ1) is 7.24. The Morgan fingerprint density at radius 1 is 1.38 bits per heavy atom. The van der Waals surface area contributed by atoms with Crippen LogP contribution in [0.1, 0.15) is 0 Å². The highest BCUT2D eigenvalue weighted by atomic mass is 16.5. The van der Waals surface area contributed by atoms with Crippen molar-refractivity contribution in [2.45, 2.75) is 0 Å². The maximum atomic E-state index is 7.00. The molecule has 0 saturated carbocycles. The summed E-state index contributed by atoms with van der Waals surface area (Å²) < 4.78 is 4.80. The lowest BCUT2D eigenvalue weighted by Gasteiger charge is -1.94. The van der Waals surface area contributed by atoms with Gasteiger partial charge in [0.1, 0.15) is 6.61 Å². The predicted molar refractivity (Wildman–Crippen MR) is 32.4 cm³/mol. The highest BCUT2D eigenvalue weighted by Gasteiger charge is 1.75. The summed E-state index contributed by atoms with van der Waals surface area (Å²) in [6.07, 6.45) is 7.47. The van der Waals surface area contributed by atoms with Gasteiger partial charge in [-0.25, -0.2) is 0 Å². The van der Waals surface area contributed by atoms with Crippen LogP contribution >= 0.6 is 0 Å². The summed E-state index contributed by atoms with van der Waals surface area (Å²) in [7, 11) is 1.00. The van der Waals surface area contributed by atoms with Crippen molar-refractivity contribution in [2.24, 2.45) is 0 Å². The summed E-state index contributed by atoms with van der Waals surface area (Å²) in [6, 6.07) is 0. The minimum absolute atomic E-state index is 0.733. The Balaban J connectivity index is 0.000000222. The smallest absolute Gasteiger partial charge is 0.106 e. The van der Waals surface area contributed by atoms with Crippen molar-refractivity contribution in [1.29, 1.82) is 0 Å². The fraction of sp³-hybridized carbons (Fsp3) is 0.333. The molecule has 0 radical (unpaired) electrons. The quantitative estimate of drug-likeness (QED) is 0.502. The van der Waals surface area contributed by atoms with Crippen LogP contribution in [0.2, 0.25) is 0 Å². The molecule has 1 N–H and O–H groups in total. The summed E-state index contributed by atoms with van der Waals surface area (Å²) >= 11 is 0. The zero-order valence-corrected chi connectivity index (χ0v) is 4.87. The van der Waals surface area contributed by atoms with E-state index >= 15 is 0 Å². The minimum Gasteiger partial charge on any atom is -0.497 e. The fourth-order valence-corrected chi connectivity index (χ4v) is 0.346. The Hall–Kier alpha value is -0.760. The zero-order valence-electron chi connectivity index (χ0n) is 4.87. The average molecular weight is 114 g/mol. The van der Waals surface area contributed by atoms with Gasteiger partial charge in [-0.05, 0) is 12.2 Å². The number of hydrogen-bond acceptors (Lipinski definition) is 2. The van der Waals surface area contributed by atoms with Crippen LogP contribution < -0.4 is 0 Å². The van der Waals surface area contributed by atoms with E-state index < -0.39 is 0 Å². The minimum atomic E-state index is 0.733. The van der Waals surface area contributed by atoms with Gasteiger partial charge >= 0.3 is 0 Å². The third-order valence-corrected chi connectivity index (χ3v) is 0.614. The van der Waals surface area contributed by atoms with Gasteiger partial charge in [0.25, 0.3) is 0 Å². The van der Waals surface area contributed by atoms with Gasteiger partial charge in [0, 0.05) is 7.11 Å². The highest BCUT2D eigenvalue weighted by Crippen LogP contribution is 1.87.